The number of hydrogen-bond acceptors (Lipinski definition) is 2. The Morgan fingerprint density at radius 1 is 1.38 bits per heavy atom. The van der Waals surface area contributed by atoms with Gasteiger partial charge in [-0.05, 0) is 23.8 Å². The predicted molar refractivity (Wildman–Crippen MR) is 60.1 cm³/mol. The fraction of sp³-hybridized carbons (Fsp3) is 0.167. The van der Waals surface area contributed by atoms with E-state index in [1.165, 1.54) is 23.1 Å². The molecule has 0 saturated carbocycles. The van der Waals surface area contributed by atoms with Crippen molar-refractivity contribution in [1.29, 1.82) is 0 Å². The van der Waals surface area contributed by atoms with Crippen LogP contribution in [0.1, 0.15) is 15.9 Å². The minimum absolute atomic E-state index is 0.165. The number of rotatable bonds is 4. The van der Waals surface area contributed by atoms with E-state index in [2.05, 4.69) is 6.58 Å². The van der Waals surface area contributed by atoms with Crippen LogP contribution in [0, 0.1) is 0 Å². The van der Waals surface area contributed by atoms with Crippen LogP contribution in [0.4, 0.5) is 0 Å². The Labute approximate surface area is 93.8 Å². The average Bonchev–Trinajstić information content (AvgIpc) is 2.28. The normalized spacial score (nSPS) is 9.56. The number of benzene rings is 1. The molecule has 0 heterocycles. The summed E-state index contributed by atoms with van der Waals surface area (Å²) in [5.41, 5.74) is 1.11. The number of amides is 1. The van der Waals surface area contributed by atoms with Gasteiger partial charge in [0.05, 0.1) is 5.56 Å². The van der Waals surface area contributed by atoms with Crippen molar-refractivity contribution in [3.63, 3.8) is 0 Å². The molecule has 0 fully saturated rings. The number of nitrogens with zero attached hydrogens (tertiary/aromatic N) is 1. The molecule has 0 atom stereocenters. The van der Waals surface area contributed by atoms with Crippen molar-refractivity contribution >= 4 is 11.9 Å². The fourth-order valence-corrected chi connectivity index (χ4v) is 1.26. The first kappa shape index (κ1) is 12.0. The second-order valence-electron chi connectivity index (χ2n) is 3.40. The van der Waals surface area contributed by atoms with E-state index in [0.29, 0.717) is 6.54 Å². The van der Waals surface area contributed by atoms with Crippen LogP contribution in [0.25, 0.3) is 0 Å². The molecule has 1 N–H and O–H groups in total. The van der Waals surface area contributed by atoms with E-state index in [-0.39, 0.29) is 11.5 Å². The predicted octanol–water partition coefficient (Wildman–Crippen LogP) is 1.53. The van der Waals surface area contributed by atoms with Gasteiger partial charge >= 0.3 is 5.97 Å². The van der Waals surface area contributed by atoms with E-state index in [0.717, 1.165) is 5.56 Å². The zero-order chi connectivity index (χ0) is 12.1. The van der Waals surface area contributed by atoms with Gasteiger partial charge in [-0.1, -0.05) is 18.7 Å². The summed E-state index contributed by atoms with van der Waals surface area (Å²) in [6.45, 7) is 3.83. The third kappa shape index (κ3) is 2.95. The minimum atomic E-state index is -0.956. The number of likely N-dealkylation sites (N-methyl/N-ethyl adjacent to an activating group) is 1. The molecule has 1 aromatic carbocycles. The second kappa shape index (κ2) is 5.11. The molecule has 84 valence electrons. The molecule has 4 nitrogen and oxygen atoms in total. The zero-order valence-electron chi connectivity index (χ0n) is 9.01. The Morgan fingerprint density at radius 3 is 2.38 bits per heavy atom. The molecule has 0 spiro atoms. The van der Waals surface area contributed by atoms with Crippen molar-refractivity contribution in [2.45, 2.75) is 6.54 Å². The summed E-state index contributed by atoms with van der Waals surface area (Å²) in [5, 5.41) is 8.71. The van der Waals surface area contributed by atoms with Crippen LogP contribution < -0.4 is 0 Å². The summed E-state index contributed by atoms with van der Waals surface area (Å²) in [6, 6.07) is 6.42. The summed E-state index contributed by atoms with van der Waals surface area (Å²) >= 11 is 0. The van der Waals surface area contributed by atoms with Gasteiger partial charge in [-0.25, -0.2) is 4.79 Å². The zero-order valence-corrected chi connectivity index (χ0v) is 9.01. The highest BCUT2D eigenvalue weighted by Crippen LogP contribution is 2.07. The van der Waals surface area contributed by atoms with Gasteiger partial charge in [0.15, 0.2) is 0 Å². The Kier molecular flexibility index (Phi) is 3.83. The van der Waals surface area contributed by atoms with Crippen LogP contribution in [0.2, 0.25) is 0 Å². The molecule has 16 heavy (non-hydrogen) atoms. The van der Waals surface area contributed by atoms with Gasteiger partial charge in [-0.15, -0.1) is 0 Å². The Hall–Kier alpha value is -2.10. The summed E-state index contributed by atoms with van der Waals surface area (Å²) in [5.74, 6) is -1.12. The highest BCUT2D eigenvalue weighted by atomic mass is 16.4. The molecule has 4 heteroatoms. The summed E-state index contributed by atoms with van der Waals surface area (Å²) in [7, 11) is 1.66. The van der Waals surface area contributed by atoms with E-state index in [1.807, 2.05) is 0 Å². The van der Waals surface area contributed by atoms with Crippen LogP contribution in [0.3, 0.4) is 0 Å². The van der Waals surface area contributed by atoms with Gasteiger partial charge in [0.2, 0.25) is 5.91 Å². The Balaban J connectivity index is 2.72. The van der Waals surface area contributed by atoms with Crippen molar-refractivity contribution in [3.05, 3.63) is 48.0 Å². The summed E-state index contributed by atoms with van der Waals surface area (Å²) < 4.78 is 0. The monoisotopic (exact) mass is 219 g/mol. The smallest absolute Gasteiger partial charge is 0.335 e. The van der Waals surface area contributed by atoms with E-state index in [1.54, 1.807) is 19.2 Å². The quantitative estimate of drug-likeness (QED) is 0.781. The minimum Gasteiger partial charge on any atom is -0.478 e. The van der Waals surface area contributed by atoms with Gasteiger partial charge < -0.3 is 10.0 Å². The summed E-state index contributed by atoms with van der Waals surface area (Å²) in [6.07, 6.45) is 1.24. The molecular weight excluding hydrogens is 206 g/mol. The molecule has 0 aliphatic rings. The molecule has 0 aromatic heterocycles. The summed E-state index contributed by atoms with van der Waals surface area (Å²) in [4.78, 5) is 23.3. The Morgan fingerprint density at radius 2 is 1.94 bits per heavy atom. The van der Waals surface area contributed by atoms with Crippen LogP contribution in [-0.4, -0.2) is 28.9 Å². The molecule has 0 saturated heterocycles. The number of carbonyl (C=O) groups is 2. The van der Waals surface area contributed by atoms with Crippen LogP contribution in [0.5, 0.6) is 0 Å². The second-order valence-corrected chi connectivity index (χ2v) is 3.40. The SMILES string of the molecule is C=CC(=O)N(C)Cc1ccc(C(=O)O)cc1. The van der Waals surface area contributed by atoms with E-state index >= 15 is 0 Å². The third-order valence-electron chi connectivity index (χ3n) is 2.17. The largest absolute Gasteiger partial charge is 0.478 e. The lowest BCUT2D eigenvalue weighted by Gasteiger charge is -2.14. The van der Waals surface area contributed by atoms with Crippen molar-refractivity contribution in [1.82, 2.24) is 4.90 Å². The van der Waals surface area contributed by atoms with E-state index in [4.69, 9.17) is 5.11 Å². The van der Waals surface area contributed by atoms with Crippen molar-refractivity contribution in [3.8, 4) is 0 Å². The van der Waals surface area contributed by atoms with Crippen molar-refractivity contribution < 1.29 is 14.7 Å². The number of aromatic carboxylic acids is 1. The maximum atomic E-state index is 11.2. The number of carboxylic acids is 1. The van der Waals surface area contributed by atoms with Gasteiger partial charge in [-0.3, -0.25) is 4.79 Å². The van der Waals surface area contributed by atoms with Crippen molar-refractivity contribution in [2.75, 3.05) is 7.05 Å². The lowest BCUT2D eigenvalue weighted by Crippen LogP contribution is -2.23. The number of carboxylic acid groups (broad SMARTS) is 1. The fourth-order valence-electron chi connectivity index (χ4n) is 1.26. The topological polar surface area (TPSA) is 57.6 Å². The number of hydrogen-bond donors (Lipinski definition) is 1. The third-order valence-corrected chi connectivity index (χ3v) is 2.17. The molecule has 0 bridgehead atoms. The van der Waals surface area contributed by atoms with Crippen molar-refractivity contribution in [2.24, 2.45) is 0 Å². The van der Waals surface area contributed by atoms with Crippen LogP contribution in [0.15, 0.2) is 36.9 Å². The first-order valence-electron chi connectivity index (χ1n) is 4.74. The lowest BCUT2D eigenvalue weighted by molar-refractivity contribution is -0.125. The highest BCUT2D eigenvalue weighted by Gasteiger charge is 2.06. The van der Waals surface area contributed by atoms with Gasteiger partial charge in [-0.2, -0.15) is 0 Å². The maximum absolute atomic E-state index is 11.2. The maximum Gasteiger partial charge on any atom is 0.335 e. The molecule has 0 aliphatic carbocycles. The van der Waals surface area contributed by atoms with E-state index < -0.39 is 5.97 Å². The molecule has 1 rings (SSSR count). The van der Waals surface area contributed by atoms with Gasteiger partial charge in [0, 0.05) is 13.6 Å². The molecule has 1 aromatic rings. The number of carbonyl (C=O) groups excluding carboxylic acids is 1. The Bertz CT molecular complexity index is 409. The standard InChI is InChI=1S/C12H13NO3/c1-3-11(14)13(2)8-9-4-6-10(7-5-9)12(15)16/h3-7H,1,8H2,2H3,(H,15,16). The van der Waals surface area contributed by atoms with Crippen LogP contribution >= 0.6 is 0 Å². The highest BCUT2D eigenvalue weighted by molar-refractivity contribution is 5.88. The first-order chi connectivity index (χ1) is 7.54. The van der Waals surface area contributed by atoms with Gasteiger partial charge in [0.1, 0.15) is 0 Å². The first-order valence-corrected chi connectivity index (χ1v) is 4.74. The molecule has 0 unspecified atom stereocenters. The van der Waals surface area contributed by atoms with Gasteiger partial charge in [0.25, 0.3) is 0 Å². The van der Waals surface area contributed by atoms with E-state index in [9.17, 15) is 9.59 Å². The molecule has 1 amide bonds. The molecular formula is C12H13NO3. The average molecular weight is 219 g/mol. The van der Waals surface area contributed by atoms with Crippen LogP contribution in [-0.2, 0) is 11.3 Å². The molecule has 0 aliphatic heterocycles. The molecule has 0 radical (unpaired) electrons. The lowest BCUT2D eigenvalue weighted by atomic mass is 10.1.